The molecule has 1 aliphatic rings. The Morgan fingerprint density at radius 1 is 1.22 bits per heavy atom. The van der Waals surface area contributed by atoms with Crippen molar-refractivity contribution in [1.82, 2.24) is 0 Å². The quantitative estimate of drug-likeness (QED) is 0.798. The van der Waals surface area contributed by atoms with E-state index in [0.717, 1.165) is 37.0 Å². The van der Waals surface area contributed by atoms with Crippen LogP contribution in [0.15, 0.2) is 18.2 Å². The molecule has 1 fully saturated rings. The predicted molar refractivity (Wildman–Crippen MR) is 72.5 cm³/mol. The lowest BCUT2D eigenvalue weighted by molar-refractivity contribution is 0.150. The fraction of sp³-hybridized carbons (Fsp3) is 0.562. The van der Waals surface area contributed by atoms with Crippen LogP contribution in [0.2, 0.25) is 0 Å². The zero-order valence-electron chi connectivity index (χ0n) is 11.3. The highest BCUT2D eigenvalue weighted by molar-refractivity contribution is 5.36. The molecule has 0 radical (unpaired) electrons. The SMILES string of the molecule is Cc1ccc(C)c(OCC2(C#N)CCCCC2)c1. The molecular formula is C16H21NO. The van der Waals surface area contributed by atoms with Crippen LogP contribution in [0.3, 0.4) is 0 Å². The number of nitriles is 1. The van der Waals surface area contributed by atoms with Crippen molar-refractivity contribution in [1.29, 1.82) is 5.26 Å². The Hall–Kier alpha value is -1.49. The van der Waals surface area contributed by atoms with Gasteiger partial charge in [-0.3, -0.25) is 0 Å². The van der Waals surface area contributed by atoms with E-state index in [-0.39, 0.29) is 5.41 Å². The second kappa shape index (κ2) is 5.44. The first-order valence-electron chi connectivity index (χ1n) is 6.77. The molecule has 1 saturated carbocycles. The first-order chi connectivity index (χ1) is 8.65. The summed E-state index contributed by atoms with van der Waals surface area (Å²) < 4.78 is 5.93. The topological polar surface area (TPSA) is 33.0 Å². The van der Waals surface area contributed by atoms with E-state index in [1.807, 2.05) is 0 Å². The summed E-state index contributed by atoms with van der Waals surface area (Å²) in [6.07, 6.45) is 5.53. The van der Waals surface area contributed by atoms with E-state index in [1.54, 1.807) is 0 Å². The van der Waals surface area contributed by atoms with E-state index >= 15 is 0 Å². The van der Waals surface area contributed by atoms with Crippen LogP contribution in [-0.4, -0.2) is 6.61 Å². The minimum Gasteiger partial charge on any atom is -0.492 e. The third-order valence-electron chi connectivity index (χ3n) is 3.90. The van der Waals surface area contributed by atoms with Crippen molar-refractivity contribution in [2.45, 2.75) is 46.0 Å². The summed E-state index contributed by atoms with van der Waals surface area (Å²) in [5.74, 6) is 0.926. The molecule has 0 atom stereocenters. The molecule has 2 nitrogen and oxygen atoms in total. The number of hydrogen-bond donors (Lipinski definition) is 0. The number of benzene rings is 1. The Morgan fingerprint density at radius 3 is 2.61 bits per heavy atom. The summed E-state index contributed by atoms with van der Waals surface area (Å²) in [5.41, 5.74) is 2.09. The van der Waals surface area contributed by atoms with Crippen LogP contribution in [-0.2, 0) is 0 Å². The molecule has 0 spiro atoms. The van der Waals surface area contributed by atoms with Gasteiger partial charge >= 0.3 is 0 Å². The predicted octanol–water partition coefficient (Wildman–Crippen LogP) is 4.16. The van der Waals surface area contributed by atoms with E-state index in [9.17, 15) is 5.26 Å². The van der Waals surface area contributed by atoms with Crippen LogP contribution in [0.5, 0.6) is 5.75 Å². The minimum atomic E-state index is -0.256. The second-order valence-corrected chi connectivity index (χ2v) is 5.51. The standard InChI is InChI=1S/C16H21NO/c1-13-6-7-14(2)15(10-13)18-12-16(11-17)8-4-3-5-9-16/h6-7,10H,3-5,8-9,12H2,1-2H3. The molecule has 1 aromatic rings. The maximum Gasteiger partial charge on any atom is 0.122 e. The zero-order chi connectivity index (χ0) is 13.0. The van der Waals surface area contributed by atoms with Gasteiger partial charge in [0.25, 0.3) is 0 Å². The smallest absolute Gasteiger partial charge is 0.122 e. The molecule has 0 saturated heterocycles. The molecule has 0 unspecified atom stereocenters. The lowest BCUT2D eigenvalue weighted by atomic mass is 9.76. The fourth-order valence-electron chi connectivity index (χ4n) is 2.60. The van der Waals surface area contributed by atoms with Crippen molar-refractivity contribution >= 4 is 0 Å². The van der Waals surface area contributed by atoms with Gasteiger partial charge in [0.2, 0.25) is 0 Å². The van der Waals surface area contributed by atoms with Crippen molar-refractivity contribution in [3.05, 3.63) is 29.3 Å². The Labute approximate surface area is 110 Å². The Bertz CT molecular complexity index is 453. The lowest BCUT2D eigenvalue weighted by Gasteiger charge is -2.30. The van der Waals surface area contributed by atoms with Crippen molar-refractivity contribution in [2.75, 3.05) is 6.61 Å². The van der Waals surface area contributed by atoms with Crippen LogP contribution in [0.1, 0.15) is 43.2 Å². The molecule has 0 bridgehead atoms. The number of ether oxygens (including phenoxy) is 1. The van der Waals surface area contributed by atoms with E-state index in [1.165, 1.54) is 12.0 Å². The average Bonchev–Trinajstić information content (AvgIpc) is 2.41. The molecule has 2 rings (SSSR count). The summed E-state index contributed by atoms with van der Waals surface area (Å²) in [6, 6.07) is 8.72. The van der Waals surface area contributed by atoms with E-state index in [4.69, 9.17) is 4.74 Å². The van der Waals surface area contributed by atoms with Crippen molar-refractivity contribution in [3.8, 4) is 11.8 Å². The van der Waals surface area contributed by atoms with E-state index in [0.29, 0.717) is 6.61 Å². The van der Waals surface area contributed by atoms with E-state index in [2.05, 4.69) is 38.1 Å². The number of aryl methyl sites for hydroxylation is 2. The maximum atomic E-state index is 9.41. The van der Waals surface area contributed by atoms with Gasteiger partial charge in [-0.2, -0.15) is 5.26 Å². The Kier molecular flexibility index (Phi) is 3.91. The molecular weight excluding hydrogens is 222 g/mol. The largest absolute Gasteiger partial charge is 0.492 e. The highest BCUT2D eigenvalue weighted by atomic mass is 16.5. The molecule has 0 aromatic heterocycles. The average molecular weight is 243 g/mol. The summed E-state index contributed by atoms with van der Waals surface area (Å²) >= 11 is 0. The number of hydrogen-bond acceptors (Lipinski definition) is 2. The Morgan fingerprint density at radius 2 is 1.94 bits per heavy atom. The van der Waals surface area contributed by atoms with Gasteiger partial charge in [-0.1, -0.05) is 31.4 Å². The molecule has 0 N–H and O–H groups in total. The third kappa shape index (κ3) is 2.85. The first kappa shape index (κ1) is 13.0. The molecule has 96 valence electrons. The van der Waals surface area contributed by atoms with Gasteiger partial charge in [-0.25, -0.2) is 0 Å². The zero-order valence-corrected chi connectivity index (χ0v) is 11.3. The fourth-order valence-corrected chi connectivity index (χ4v) is 2.60. The van der Waals surface area contributed by atoms with Gasteiger partial charge in [0, 0.05) is 0 Å². The highest BCUT2D eigenvalue weighted by Gasteiger charge is 2.33. The molecule has 1 aromatic carbocycles. The summed E-state index contributed by atoms with van der Waals surface area (Å²) in [4.78, 5) is 0. The van der Waals surface area contributed by atoms with Crippen molar-refractivity contribution < 1.29 is 4.74 Å². The van der Waals surface area contributed by atoms with Gasteiger partial charge in [-0.05, 0) is 43.9 Å². The van der Waals surface area contributed by atoms with Crippen LogP contribution in [0, 0.1) is 30.6 Å². The highest BCUT2D eigenvalue weighted by Crippen LogP contribution is 2.36. The van der Waals surface area contributed by atoms with Crippen LogP contribution < -0.4 is 4.74 Å². The van der Waals surface area contributed by atoms with Gasteiger partial charge in [0.15, 0.2) is 0 Å². The molecule has 0 amide bonds. The van der Waals surface area contributed by atoms with Crippen LogP contribution in [0.4, 0.5) is 0 Å². The summed E-state index contributed by atoms with van der Waals surface area (Å²) in [6.45, 7) is 4.65. The van der Waals surface area contributed by atoms with Crippen molar-refractivity contribution in [3.63, 3.8) is 0 Å². The molecule has 0 heterocycles. The van der Waals surface area contributed by atoms with Crippen LogP contribution >= 0.6 is 0 Å². The van der Waals surface area contributed by atoms with E-state index < -0.39 is 0 Å². The van der Waals surface area contributed by atoms with Crippen LogP contribution in [0.25, 0.3) is 0 Å². The minimum absolute atomic E-state index is 0.256. The summed E-state index contributed by atoms with van der Waals surface area (Å²) in [7, 11) is 0. The lowest BCUT2D eigenvalue weighted by Crippen LogP contribution is -2.29. The number of rotatable bonds is 3. The maximum absolute atomic E-state index is 9.41. The van der Waals surface area contributed by atoms with Crippen molar-refractivity contribution in [2.24, 2.45) is 5.41 Å². The Balaban J connectivity index is 2.06. The molecule has 1 aliphatic carbocycles. The molecule has 0 aliphatic heterocycles. The van der Waals surface area contributed by atoms with Gasteiger partial charge in [-0.15, -0.1) is 0 Å². The van der Waals surface area contributed by atoms with Gasteiger partial charge < -0.3 is 4.74 Å². The normalized spacial score (nSPS) is 18.1. The molecule has 18 heavy (non-hydrogen) atoms. The second-order valence-electron chi connectivity index (χ2n) is 5.51. The molecule has 2 heteroatoms. The third-order valence-corrected chi connectivity index (χ3v) is 3.90. The van der Waals surface area contributed by atoms with Gasteiger partial charge in [0.1, 0.15) is 12.4 Å². The number of nitrogens with zero attached hydrogens (tertiary/aromatic N) is 1. The first-order valence-corrected chi connectivity index (χ1v) is 6.77. The monoisotopic (exact) mass is 243 g/mol. The van der Waals surface area contributed by atoms with Gasteiger partial charge in [0.05, 0.1) is 11.5 Å². The summed E-state index contributed by atoms with van der Waals surface area (Å²) in [5, 5.41) is 9.41.